The number of hydrogen-bond acceptors (Lipinski definition) is 5. The molecule has 7 heteroatoms. The predicted octanol–water partition coefficient (Wildman–Crippen LogP) is 1.35. The van der Waals surface area contributed by atoms with Crippen molar-refractivity contribution in [3.63, 3.8) is 0 Å². The number of amides is 1. The van der Waals surface area contributed by atoms with Crippen molar-refractivity contribution in [3.05, 3.63) is 33.9 Å². The lowest BCUT2D eigenvalue weighted by molar-refractivity contribution is -0.384. The predicted molar refractivity (Wildman–Crippen MR) is 71.5 cm³/mol. The molecule has 1 aromatic rings. The smallest absolute Gasteiger partial charge is 0.270 e. The third-order valence-corrected chi connectivity index (χ3v) is 2.69. The van der Waals surface area contributed by atoms with Gasteiger partial charge in [0.15, 0.2) is 0 Å². The highest BCUT2D eigenvalue weighted by atomic mass is 16.6. The summed E-state index contributed by atoms with van der Waals surface area (Å²) < 4.78 is 4.90. The number of ether oxygens (including phenoxy) is 1. The maximum absolute atomic E-state index is 12.2. The van der Waals surface area contributed by atoms with Crippen LogP contribution >= 0.6 is 0 Å². The number of non-ortho nitro benzene ring substituents is 1. The molecule has 1 rings (SSSR count). The number of nitrogens with one attached hydrogen (secondary N) is 1. The number of nitro groups is 1. The zero-order valence-electron chi connectivity index (χ0n) is 11.2. The molecule has 0 spiro atoms. The van der Waals surface area contributed by atoms with Crippen LogP contribution in [0.1, 0.15) is 10.4 Å². The van der Waals surface area contributed by atoms with Crippen LogP contribution in [0.25, 0.3) is 0 Å². The fourth-order valence-corrected chi connectivity index (χ4v) is 1.58. The van der Waals surface area contributed by atoms with E-state index in [-0.39, 0.29) is 17.2 Å². The second-order valence-electron chi connectivity index (χ2n) is 3.96. The lowest BCUT2D eigenvalue weighted by Crippen LogP contribution is -2.30. The topological polar surface area (TPSA) is 84.7 Å². The van der Waals surface area contributed by atoms with E-state index in [1.54, 1.807) is 21.2 Å². The number of nitrogens with zero attached hydrogens (tertiary/aromatic N) is 2. The molecule has 0 bridgehead atoms. The average Bonchev–Trinajstić information content (AvgIpc) is 2.42. The number of nitro benzene ring substituents is 1. The van der Waals surface area contributed by atoms with Crippen LogP contribution in [0.4, 0.5) is 11.4 Å². The number of carbonyl (C=O) groups is 1. The SMILES string of the molecule is CNc1ccc([N+](=O)[O-])cc1C(=O)N(C)CCOC. The summed E-state index contributed by atoms with van der Waals surface area (Å²) >= 11 is 0. The number of anilines is 1. The molecular weight excluding hydrogens is 250 g/mol. The van der Waals surface area contributed by atoms with Gasteiger partial charge in [-0.15, -0.1) is 0 Å². The molecular formula is C12H17N3O4. The molecule has 0 saturated heterocycles. The highest BCUT2D eigenvalue weighted by molar-refractivity contribution is 6.00. The zero-order valence-corrected chi connectivity index (χ0v) is 11.2. The van der Waals surface area contributed by atoms with Crippen LogP contribution in [0.3, 0.4) is 0 Å². The van der Waals surface area contributed by atoms with Gasteiger partial charge in [0.1, 0.15) is 0 Å². The number of methoxy groups -OCH3 is 1. The molecule has 0 heterocycles. The molecule has 1 amide bonds. The van der Waals surface area contributed by atoms with E-state index >= 15 is 0 Å². The maximum atomic E-state index is 12.2. The van der Waals surface area contributed by atoms with Crippen molar-refractivity contribution < 1.29 is 14.5 Å². The molecule has 0 aliphatic rings. The number of carbonyl (C=O) groups excluding carboxylic acids is 1. The Bertz CT molecular complexity index is 476. The van der Waals surface area contributed by atoms with Gasteiger partial charge in [0.2, 0.25) is 0 Å². The number of hydrogen-bond donors (Lipinski definition) is 1. The lowest BCUT2D eigenvalue weighted by atomic mass is 10.1. The van der Waals surface area contributed by atoms with E-state index in [0.29, 0.717) is 18.8 Å². The van der Waals surface area contributed by atoms with Crippen LogP contribution in [0, 0.1) is 10.1 Å². The van der Waals surface area contributed by atoms with Crippen molar-refractivity contribution in [2.24, 2.45) is 0 Å². The first kappa shape index (κ1) is 14.9. The van der Waals surface area contributed by atoms with Crippen molar-refractivity contribution in [1.82, 2.24) is 4.90 Å². The van der Waals surface area contributed by atoms with Crippen molar-refractivity contribution >= 4 is 17.3 Å². The Morgan fingerprint density at radius 1 is 1.53 bits per heavy atom. The van der Waals surface area contributed by atoms with Crippen LogP contribution in [0.2, 0.25) is 0 Å². The van der Waals surface area contributed by atoms with E-state index in [9.17, 15) is 14.9 Å². The van der Waals surface area contributed by atoms with Gasteiger partial charge in [0.05, 0.1) is 17.1 Å². The lowest BCUT2D eigenvalue weighted by Gasteiger charge is -2.18. The fraction of sp³-hybridized carbons (Fsp3) is 0.417. The fourth-order valence-electron chi connectivity index (χ4n) is 1.58. The van der Waals surface area contributed by atoms with E-state index in [1.165, 1.54) is 23.1 Å². The minimum atomic E-state index is -0.522. The Morgan fingerprint density at radius 3 is 2.74 bits per heavy atom. The summed E-state index contributed by atoms with van der Waals surface area (Å²) in [6, 6.07) is 4.16. The minimum Gasteiger partial charge on any atom is -0.387 e. The average molecular weight is 267 g/mol. The van der Waals surface area contributed by atoms with Gasteiger partial charge in [0.25, 0.3) is 11.6 Å². The summed E-state index contributed by atoms with van der Waals surface area (Å²) in [6.45, 7) is 0.827. The summed E-state index contributed by atoms with van der Waals surface area (Å²) in [6.07, 6.45) is 0. The summed E-state index contributed by atoms with van der Waals surface area (Å²) in [5.41, 5.74) is 0.720. The van der Waals surface area contributed by atoms with Gasteiger partial charge in [-0.05, 0) is 6.07 Å². The maximum Gasteiger partial charge on any atom is 0.270 e. The molecule has 0 saturated carbocycles. The summed E-state index contributed by atoms with van der Waals surface area (Å²) in [4.78, 5) is 23.9. The van der Waals surface area contributed by atoms with Gasteiger partial charge >= 0.3 is 0 Å². The molecule has 0 aromatic heterocycles. The van der Waals surface area contributed by atoms with Gasteiger partial charge < -0.3 is 15.0 Å². The first-order valence-corrected chi connectivity index (χ1v) is 5.71. The van der Waals surface area contributed by atoms with E-state index in [0.717, 1.165) is 0 Å². The van der Waals surface area contributed by atoms with E-state index in [1.807, 2.05) is 0 Å². The molecule has 104 valence electrons. The molecule has 0 aliphatic heterocycles. The third-order valence-electron chi connectivity index (χ3n) is 2.69. The molecule has 0 radical (unpaired) electrons. The van der Waals surface area contributed by atoms with E-state index < -0.39 is 4.92 Å². The summed E-state index contributed by atoms with van der Waals surface area (Å²) in [7, 11) is 4.83. The summed E-state index contributed by atoms with van der Waals surface area (Å²) in [5.74, 6) is -0.287. The van der Waals surface area contributed by atoms with Crippen molar-refractivity contribution in [3.8, 4) is 0 Å². The Morgan fingerprint density at radius 2 is 2.21 bits per heavy atom. The van der Waals surface area contributed by atoms with Crippen LogP contribution < -0.4 is 5.32 Å². The first-order chi connectivity index (χ1) is 9.01. The van der Waals surface area contributed by atoms with Crippen LogP contribution in [-0.4, -0.2) is 50.1 Å². The second-order valence-corrected chi connectivity index (χ2v) is 3.96. The zero-order chi connectivity index (χ0) is 14.4. The standard InChI is InChI=1S/C12H17N3O4/c1-13-11-5-4-9(15(17)18)8-10(11)12(16)14(2)6-7-19-3/h4-5,8,13H,6-7H2,1-3H3. The quantitative estimate of drug-likeness (QED) is 0.621. The molecule has 0 aliphatic carbocycles. The highest BCUT2D eigenvalue weighted by Gasteiger charge is 2.19. The molecule has 1 aromatic carbocycles. The second kappa shape index (κ2) is 6.69. The minimum absolute atomic E-state index is 0.109. The van der Waals surface area contributed by atoms with Gasteiger partial charge in [-0.3, -0.25) is 14.9 Å². The molecule has 0 fully saturated rings. The van der Waals surface area contributed by atoms with E-state index in [4.69, 9.17) is 4.74 Å². The highest BCUT2D eigenvalue weighted by Crippen LogP contribution is 2.22. The Hall–Kier alpha value is -2.15. The Balaban J connectivity index is 3.05. The van der Waals surface area contributed by atoms with Crippen molar-refractivity contribution in [2.75, 3.05) is 39.7 Å². The van der Waals surface area contributed by atoms with Gasteiger partial charge in [-0.25, -0.2) is 0 Å². The molecule has 1 N–H and O–H groups in total. The largest absolute Gasteiger partial charge is 0.387 e. The third kappa shape index (κ3) is 3.65. The number of rotatable bonds is 6. The number of likely N-dealkylation sites (N-methyl/N-ethyl adjacent to an activating group) is 1. The van der Waals surface area contributed by atoms with Crippen LogP contribution in [0.5, 0.6) is 0 Å². The molecule has 0 atom stereocenters. The van der Waals surface area contributed by atoms with E-state index in [2.05, 4.69) is 5.32 Å². The summed E-state index contributed by atoms with van der Waals surface area (Å²) in [5, 5.41) is 13.6. The first-order valence-electron chi connectivity index (χ1n) is 5.71. The van der Waals surface area contributed by atoms with Gasteiger partial charge in [0, 0.05) is 45.6 Å². The Labute approximate surface area is 111 Å². The van der Waals surface area contributed by atoms with Gasteiger partial charge in [-0.1, -0.05) is 0 Å². The van der Waals surface area contributed by atoms with Crippen molar-refractivity contribution in [1.29, 1.82) is 0 Å². The Kier molecular flexibility index (Phi) is 5.25. The van der Waals surface area contributed by atoms with Crippen LogP contribution in [0.15, 0.2) is 18.2 Å². The molecule has 19 heavy (non-hydrogen) atoms. The number of benzene rings is 1. The van der Waals surface area contributed by atoms with Gasteiger partial charge in [-0.2, -0.15) is 0 Å². The monoisotopic (exact) mass is 267 g/mol. The normalized spacial score (nSPS) is 10.1. The van der Waals surface area contributed by atoms with Crippen molar-refractivity contribution in [2.45, 2.75) is 0 Å². The van der Waals surface area contributed by atoms with Crippen LogP contribution in [-0.2, 0) is 4.74 Å². The molecule has 0 unspecified atom stereocenters. The molecule has 7 nitrogen and oxygen atoms in total.